The summed E-state index contributed by atoms with van der Waals surface area (Å²) in [6, 6.07) is 7.02. The maximum Gasteiger partial charge on any atom is 0.261 e. The largest absolute Gasteiger partial charge is 0.356 e. The Bertz CT molecular complexity index is 678. The van der Waals surface area contributed by atoms with E-state index in [1.807, 2.05) is 0 Å². The van der Waals surface area contributed by atoms with E-state index in [2.05, 4.69) is 20.5 Å². The van der Waals surface area contributed by atoms with Crippen LogP contribution in [0.15, 0.2) is 29.3 Å². The molecule has 2 aliphatic heterocycles. The fourth-order valence-electron chi connectivity index (χ4n) is 3.78. The van der Waals surface area contributed by atoms with E-state index in [9.17, 15) is 9.59 Å². The molecule has 0 spiro atoms. The molecule has 0 saturated carbocycles. The van der Waals surface area contributed by atoms with Crippen LogP contribution in [0.25, 0.3) is 0 Å². The smallest absolute Gasteiger partial charge is 0.261 e. The van der Waals surface area contributed by atoms with E-state index in [0.29, 0.717) is 17.7 Å². The molecule has 2 aliphatic rings. The van der Waals surface area contributed by atoms with E-state index < -0.39 is 0 Å². The van der Waals surface area contributed by atoms with Crippen LogP contribution in [-0.2, 0) is 0 Å². The Labute approximate surface area is 167 Å². The highest BCUT2D eigenvalue weighted by molar-refractivity contribution is 6.21. The predicted molar refractivity (Wildman–Crippen MR) is 111 cm³/mol. The van der Waals surface area contributed by atoms with Gasteiger partial charge in [-0.15, -0.1) is 0 Å². The van der Waals surface area contributed by atoms with Crippen molar-refractivity contribution in [1.29, 1.82) is 0 Å². The van der Waals surface area contributed by atoms with Crippen LogP contribution >= 0.6 is 0 Å². The first kappa shape index (κ1) is 20.3. The van der Waals surface area contributed by atoms with Gasteiger partial charge in [-0.3, -0.25) is 19.5 Å². The molecule has 1 aromatic rings. The van der Waals surface area contributed by atoms with Gasteiger partial charge in [-0.2, -0.15) is 0 Å². The Morgan fingerprint density at radius 3 is 2.21 bits per heavy atom. The van der Waals surface area contributed by atoms with Gasteiger partial charge in [-0.1, -0.05) is 18.6 Å². The molecule has 1 fully saturated rings. The van der Waals surface area contributed by atoms with Gasteiger partial charge in [0.25, 0.3) is 11.8 Å². The topological polar surface area (TPSA) is 77.0 Å². The first-order valence-corrected chi connectivity index (χ1v) is 10.3. The van der Waals surface area contributed by atoms with Crippen molar-refractivity contribution in [2.75, 3.05) is 46.3 Å². The molecule has 1 saturated heterocycles. The summed E-state index contributed by atoms with van der Waals surface area (Å²) in [5, 5.41) is 6.66. The van der Waals surface area contributed by atoms with Crippen LogP contribution < -0.4 is 10.6 Å². The van der Waals surface area contributed by atoms with Crippen LogP contribution in [0, 0.1) is 0 Å². The maximum atomic E-state index is 12.3. The van der Waals surface area contributed by atoms with E-state index in [0.717, 1.165) is 38.4 Å². The summed E-state index contributed by atoms with van der Waals surface area (Å²) >= 11 is 0. The lowest BCUT2D eigenvalue weighted by atomic mass is 10.1. The molecule has 0 aliphatic carbocycles. The highest BCUT2D eigenvalue weighted by Crippen LogP contribution is 2.22. The molecule has 0 atom stereocenters. The monoisotopic (exact) mass is 385 g/mol. The SMILES string of the molecule is CN=C(NCCCCN1C(=O)c2ccccc2C1=O)NCCN1CCCCC1. The Hall–Kier alpha value is -2.41. The molecular weight excluding hydrogens is 354 g/mol. The first-order chi connectivity index (χ1) is 13.7. The molecule has 0 unspecified atom stereocenters. The van der Waals surface area contributed by atoms with E-state index in [1.165, 1.54) is 37.3 Å². The number of nitrogens with zero attached hydrogens (tertiary/aromatic N) is 3. The normalized spacial score (nSPS) is 17.8. The molecule has 7 heteroatoms. The van der Waals surface area contributed by atoms with E-state index >= 15 is 0 Å². The molecule has 7 nitrogen and oxygen atoms in total. The molecular formula is C21H31N5O2. The average Bonchev–Trinajstić information content (AvgIpc) is 2.98. The number of unbranched alkanes of at least 4 members (excludes halogenated alkanes) is 1. The minimum absolute atomic E-state index is 0.177. The number of imide groups is 1. The van der Waals surface area contributed by atoms with Crippen molar-refractivity contribution in [3.63, 3.8) is 0 Å². The fraction of sp³-hybridized carbons (Fsp3) is 0.571. The molecule has 0 aromatic heterocycles. The average molecular weight is 386 g/mol. The van der Waals surface area contributed by atoms with Crippen molar-refractivity contribution < 1.29 is 9.59 Å². The minimum atomic E-state index is -0.177. The number of benzene rings is 1. The number of guanidine groups is 1. The van der Waals surface area contributed by atoms with Crippen molar-refractivity contribution in [3.8, 4) is 0 Å². The number of hydrogen-bond acceptors (Lipinski definition) is 4. The predicted octanol–water partition coefficient (Wildman–Crippen LogP) is 1.71. The van der Waals surface area contributed by atoms with Crippen molar-refractivity contribution in [2.45, 2.75) is 32.1 Å². The van der Waals surface area contributed by atoms with Gasteiger partial charge in [0.15, 0.2) is 5.96 Å². The molecule has 152 valence electrons. The van der Waals surface area contributed by atoms with Gasteiger partial charge < -0.3 is 15.5 Å². The fourth-order valence-corrected chi connectivity index (χ4v) is 3.78. The quantitative estimate of drug-likeness (QED) is 0.308. The van der Waals surface area contributed by atoms with Gasteiger partial charge in [0.05, 0.1) is 11.1 Å². The second kappa shape index (κ2) is 10.2. The molecule has 28 heavy (non-hydrogen) atoms. The summed E-state index contributed by atoms with van der Waals surface area (Å²) in [5.41, 5.74) is 1.04. The Morgan fingerprint density at radius 1 is 0.929 bits per heavy atom. The summed E-state index contributed by atoms with van der Waals surface area (Å²) in [6.07, 6.45) is 5.59. The summed E-state index contributed by atoms with van der Waals surface area (Å²) < 4.78 is 0. The van der Waals surface area contributed by atoms with Crippen LogP contribution in [0.4, 0.5) is 0 Å². The second-order valence-electron chi connectivity index (χ2n) is 7.34. The van der Waals surface area contributed by atoms with Crippen molar-refractivity contribution in [1.82, 2.24) is 20.4 Å². The lowest BCUT2D eigenvalue weighted by Crippen LogP contribution is -2.43. The third kappa shape index (κ3) is 5.10. The summed E-state index contributed by atoms with van der Waals surface area (Å²) in [7, 11) is 1.77. The van der Waals surface area contributed by atoms with Gasteiger partial charge in [-0.25, -0.2) is 0 Å². The highest BCUT2D eigenvalue weighted by atomic mass is 16.2. The molecule has 3 rings (SSSR count). The van der Waals surface area contributed by atoms with Crippen molar-refractivity contribution >= 4 is 17.8 Å². The zero-order valence-corrected chi connectivity index (χ0v) is 16.7. The third-order valence-corrected chi connectivity index (χ3v) is 5.37. The minimum Gasteiger partial charge on any atom is -0.356 e. The summed E-state index contributed by atoms with van der Waals surface area (Å²) in [5.74, 6) is 0.449. The number of rotatable bonds is 8. The Balaban J connectivity index is 1.31. The highest BCUT2D eigenvalue weighted by Gasteiger charge is 2.34. The molecule has 2 N–H and O–H groups in total. The number of carbonyl (C=O) groups is 2. The first-order valence-electron chi connectivity index (χ1n) is 10.3. The van der Waals surface area contributed by atoms with Crippen molar-refractivity contribution in [2.24, 2.45) is 4.99 Å². The lowest BCUT2D eigenvalue weighted by molar-refractivity contribution is 0.0652. The van der Waals surface area contributed by atoms with Crippen molar-refractivity contribution in [3.05, 3.63) is 35.4 Å². The summed E-state index contributed by atoms with van der Waals surface area (Å²) in [4.78, 5) is 32.8. The number of nitrogens with one attached hydrogen (secondary N) is 2. The zero-order chi connectivity index (χ0) is 19.8. The number of amides is 2. The zero-order valence-electron chi connectivity index (χ0n) is 16.7. The van der Waals surface area contributed by atoms with Crippen LogP contribution in [0.2, 0.25) is 0 Å². The van der Waals surface area contributed by atoms with Gasteiger partial charge in [0, 0.05) is 33.2 Å². The van der Waals surface area contributed by atoms with Crippen LogP contribution in [0.3, 0.4) is 0 Å². The van der Waals surface area contributed by atoms with E-state index in [4.69, 9.17) is 0 Å². The molecule has 0 bridgehead atoms. The number of fused-ring (bicyclic) bond motifs is 1. The molecule has 2 amide bonds. The van der Waals surface area contributed by atoms with Crippen LogP contribution in [0.5, 0.6) is 0 Å². The maximum absolute atomic E-state index is 12.3. The summed E-state index contributed by atoms with van der Waals surface area (Å²) in [6.45, 7) is 5.54. The van der Waals surface area contributed by atoms with E-state index in [1.54, 1.807) is 31.3 Å². The number of likely N-dealkylation sites (tertiary alicyclic amines) is 1. The Morgan fingerprint density at radius 2 is 1.57 bits per heavy atom. The standard InChI is InChI=1S/C21H31N5O2/c1-22-21(24-12-16-25-13-6-2-7-14-25)23-11-5-8-15-26-19(27)17-9-3-4-10-18(17)20(26)28/h3-4,9-10H,2,5-8,11-16H2,1H3,(H2,22,23,24). The van der Waals surface area contributed by atoms with Gasteiger partial charge in [0.1, 0.15) is 0 Å². The molecule has 2 heterocycles. The second-order valence-corrected chi connectivity index (χ2v) is 7.34. The number of carbonyl (C=O) groups excluding carboxylic acids is 2. The van der Waals surface area contributed by atoms with Gasteiger partial charge >= 0.3 is 0 Å². The number of piperidine rings is 1. The van der Waals surface area contributed by atoms with Gasteiger partial charge in [0.2, 0.25) is 0 Å². The van der Waals surface area contributed by atoms with Crippen LogP contribution in [-0.4, -0.2) is 73.9 Å². The molecule has 1 aromatic carbocycles. The lowest BCUT2D eigenvalue weighted by Gasteiger charge is -2.26. The number of aliphatic imine (C=N–C) groups is 1. The van der Waals surface area contributed by atoms with Gasteiger partial charge in [-0.05, 0) is 50.9 Å². The molecule has 0 radical (unpaired) electrons. The number of hydrogen-bond donors (Lipinski definition) is 2. The Kier molecular flexibility index (Phi) is 7.42. The van der Waals surface area contributed by atoms with E-state index in [-0.39, 0.29) is 11.8 Å². The van der Waals surface area contributed by atoms with Crippen LogP contribution in [0.1, 0.15) is 52.8 Å². The third-order valence-electron chi connectivity index (χ3n) is 5.37.